The van der Waals surface area contributed by atoms with Crippen LogP contribution < -0.4 is 4.90 Å². The summed E-state index contributed by atoms with van der Waals surface area (Å²) in [7, 11) is -0.737. The predicted molar refractivity (Wildman–Crippen MR) is 95.7 cm³/mol. The summed E-state index contributed by atoms with van der Waals surface area (Å²) in [6.45, 7) is -0.294. The van der Waals surface area contributed by atoms with E-state index in [0.29, 0.717) is 16.9 Å². The Bertz CT molecular complexity index is 873. The van der Waals surface area contributed by atoms with E-state index >= 15 is 0 Å². The molecule has 1 aliphatic heterocycles. The number of aliphatic hydroxyl groups is 2. The standard InChI is InChI=1S/C14H20ClN4O7P/c1-18(2)11-7-3-4-19(12(7)17-14(15)16-11)13-10(21)9(20)8(26-13)5-25-6-27(22,23)24/h3-4,8-10,13,20-21H,5-6H2,1-2H3,(H2,22,23,24)/t8-,9-,10-,13-/m1/s1. The molecule has 2 aromatic rings. The van der Waals surface area contributed by atoms with E-state index in [1.807, 2.05) is 0 Å². The molecule has 13 heteroatoms. The molecule has 0 unspecified atom stereocenters. The summed E-state index contributed by atoms with van der Waals surface area (Å²) >= 11 is 6.00. The molecule has 3 rings (SSSR count). The molecule has 1 saturated heterocycles. The fourth-order valence-electron chi connectivity index (χ4n) is 2.92. The second kappa shape index (κ2) is 7.61. The van der Waals surface area contributed by atoms with Crippen molar-refractivity contribution < 1.29 is 34.0 Å². The van der Waals surface area contributed by atoms with Crippen LogP contribution >= 0.6 is 19.2 Å². The number of rotatable bonds is 6. The monoisotopic (exact) mass is 422 g/mol. The van der Waals surface area contributed by atoms with Gasteiger partial charge in [-0.25, -0.2) is 0 Å². The van der Waals surface area contributed by atoms with Crippen LogP contribution in [0.1, 0.15) is 6.23 Å². The number of aromatic nitrogens is 3. The van der Waals surface area contributed by atoms with Crippen LogP contribution in [0.4, 0.5) is 5.82 Å². The predicted octanol–water partition coefficient (Wildman–Crippen LogP) is -0.0783. The average Bonchev–Trinajstić information content (AvgIpc) is 3.08. The number of nitrogens with zero attached hydrogens (tertiary/aromatic N) is 4. The molecule has 0 saturated carbocycles. The molecular weight excluding hydrogens is 403 g/mol. The van der Waals surface area contributed by atoms with Gasteiger partial charge in [0.2, 0.25) is 5.28 Å². The molecule has 0 spiro atoms. The number of fused-ring (bicyclic) bond motifs is 1. The van der Waals surface area contributed by atoms with Crippen molar-refractivity contribution in [1.29, 1.82) is 0 Å². The molecule has 4 N–H and O–H groups in total. The van der Waals surface area contributed by atoms with E-state index in [0.717, 1.165) is 0 Å². The van der Waals surface area contributed by atoms with Crippen LogP contribution in [0.15, 0.2) is 12.3 Å². The van der Waals surface area contributed by atoms with Crippen molar-refractivity contribution in [3.05, 3.63) is 17.5 Å². The highest BCUT2D eigenvalue weighted by Crippen LogP contribution is 2.36. The van der Waals surface area contributed by atoms with Gasteiger partial charge in [-0.05, 0) is 17.7 Å². The van der Waals surface area contributed by atoms with Gasteiger partial charge in [0.1, 0.15) is 36.1 Å². The zero-order chi connectivity index (χ0) is 19.9. The highest BCUT2D eigenvalue weighted by molar-refractivity contribution is 7.51. The second-order valence-electron chi connectivity index (χ2n) is 6.38. The summed E-state index contributed by atoms with van der Waals surface area (Å²) in [4.78, 5) is 27.8. The Labute approximate surface area is 159 Å². The zero-order valence-corrected chi connectivity index (χ0v) is 16.2. The highest BCUT2D eigenvalue weighted by atomic mass is 35.5. The Hall–Kier alpha value is -1.30. The Morgan fingerprint density at radius 1 is 1.33 bits per heavy atom. The minimum absolute atomic E-state index is 0.0145. The van der Waals surface area contributed by atoms with Crippen molar-refractivity contribution in [1.82, 2.24) is 14.5 Å². The Balaban J connectivity index is 1.85. The molecule has 2 aromatic heterocycles. The number of hydrogen-bond acceptors (Lipinski definition) is 8. The quantitative estimate of drug-likeness (QED) is 0.367. The number of hydrogen-bond donors (Lipinski definition) is 4. The first kappa shape index (κ1) is 20.4. The van der Waals surface area contributed by atoms with Gasteiger partial charge in [-0.15, -0.1) is 0 Å². The number of ether oxygens (including phenoxy) is 2. The normalized spacial score (nSPS) is 26.0. The molecule has 0 radical (unpaired) electrons. The van der Waals surface area contributed by atoms with Gasteiger partial charge in [0, 0.05) is 20.3 Å². The zero-order valence-electron chi connectivity index (χ0n) is 14.5. The van der Waals surface area contributed by atoms with E-state index in [4.69, 9.17) is 30.9 Å². The van der Waals surface area contributed by atoms with Gasteiger partial charge in [-0.2, -0.15) is 9.97 Å². The van der Waals surface area contributed by atoms with Crippen LogP contribution in [0, 0.1) is 0 Å². The molecule has 0 aromatic carbocycles. The maximum Gasteiger partial charge on any atom is 0.350 e. The van der Waals surface area contributed by atoms with E-state index < -0.39 is 38.5 Å². The summed E-state index contributed by atoms with van der Waals surface area (Å²) in [5.74, 6) is 0.582. The van der Waals surface area contributed by atoms with Crippen LogP contribution in [0.2, 0.25) is 5.28 Å². The van der Waals surface area contributed by atoms with E-state index in [1.54, 1.807) is 31.3 Å². The summed E-state index contributed by atoms with van der Waals surface area (Å²) in [6, 6.07) is 1.74. The molecule has 27 heavy (non-hydrogen) atoms. The molecule has 11 nitrogen and oxygen atoms in total. The van der Waals surface area contributed by atoms with Crippen molar-refractivity contribution >= 4 is 36.0 Å². The molecule has 4 atom stereocenters. The van der Waals surface area contributed by atoms with Gasteiger partial charge in [0.15, 0.2) is 6.23 Å². The Morgan fingerprint density at radius 3 is 2.67 bits per heavy atom. The lowest BCUT2D eigenvalue weighted by molar-refractivity contribution is -0.0610. The van der Waals surface area contributed by atoms with Gasteiger partial charge >= 0.3 is 7.60 Å². The molecule has 0 bridgehead atoms. The number of anilines is 1. The average molecular weight is 423 g/mol. The van der Waals surface area contributed by atoms with E-state index in [1.165, 1.54) is 4.57 Å². The summed E-state index contributed by atoms with van der Waals surface area (Å²) in [5.41, 5.74) is 0.409. The first-order chi connectivity index (χ1) is 12.6. The van der Waals surface area contributed by atoms with Crippen LogP contribution in [0.3, 0.4) is 0 Å². The summed E-state index contributed by atoms with van der Waals surface area (Å²) < 4.78 is 22.9. The van der Waals surface area contributed by atoms with Crippen LogP contribution in [-0.2, 0) is 14.0 Å². The van der Waals surface area contributed by atoms with Gasteiger partial charge in [0.25, 0.3) is 0 Å². The Morgan fingerprint density at radius 2 is 2.04 bits per heavy atom. The Kier molecular flexibility index (Phi) is 5.76. The summed E-state index contributed by atoms with van der Waals surface area (Å²) in [6.07, 6.45) is -3.75. The lowest BCUT2D eigenvalue weighted by Gasteiger charge is -2.18. The molecule has 150 valence electrons. The third-order valence-electron chi connectivity index (χ3n) is 4.10. The topological polar surface area (TPSA) is 150 Å². The summed E-state index contributed by atoms with van der Waals surface area (Å²) in [5, 5.41) is 21.3. The second-order valence-corrected chi connectivity index (χ2v) is 8.31. The largest absolute Gasteiger partial charge is 0.387 e. The molecule has 0 aliphatic carbocycles. The van der Waals surface area contributed by atoms with Crippen molar-refractivity contribution in [2.24, 2.45) is 0 Å². The van der Waals surface area contributed by atoms with E-state index in [-0.39, 0.29) is 11.9 Å². The molecule has 3 heterocycles. The van der Waals surface area contributed by atoms with E-state index in [2.05, 4.69) is 9.97 Å². The molecular formula is C14H20ClN4O7P. The third-order valence-corrected chi connectivity index (χ3v) is 4.79. The maximum atomic E-state index is 10.8. The maximum absolute atomic E-state index is 10.8. The lowest BCUT2D eigenvalue weighted by atomic mass is 10.1. The minimum Gasteiger partial charge on any atom is -0.387 e. The van der Waals surface area contributed by atoms with Crippen molar-refractivity contribution in [3.8, 4) is 0 Å². The van der Waals surface area contributed by atoms with Crippen LogP contribution in [0.5, 0.6) is 0 Å². The fraction of sp³-hybridized carbons (Fsp3) is 0.571. The van der Waals surface area contributed by atoms with Gasteiger partial charge < -0.3 is 38.9 Å². The molecule has 1 aliphatic rings. The van der Waals surface area contributed by atoms with Crippen molar-refractivity contribution in [2.45, 2.75) is 24.5 Å². The van der Waals surface area contributed by atoms with Crippen molar-refractivity contribution in [3.63, 3.8) is 0 Å². The minimum atomic E-state index is -4.34. The molecule has 0 amide bonds. The highest BCUT2D eigenvalue weighted by Gasteiger charge is 2.44. The molecule has 1 fully saturated rings. The first-order valence-corrected chi connectivity index (χ1v) is 10.1. The van der Waals surface area contributed by atoms with E-state index in [9.17, 15) is 14.8 Å². The first-order valence-electron chi connectivity index (χ1n) is 7.94. The van der Waals surface area contributed by atoms with Crippen LogP contribution in [-0.4, -0.2) is 79.9 Å². The SMILES string of the molecule is CN(C)c1nc(Cl)nc2c1ccn2[C@@H]1O[C@H](COCP(=O)(O)O)[C@@H](O)[C@H]1O. The van der Waals surface area contributed by atoms with Gasteiger partial charge in [0.05, 0.1) is 12.0 Å². The van der Waals surface area contributed by atoms with Crippen molar-refractivity contribution in [2.75, 3.05) is 32.0 Å². The third kappa shape index (κ3) is 4.25. The number of aliphatic hydroxyl groups excluding tert-OH is 2. The number of halogens is 1. The lowest BCUT2D eigenvalue weighted by Crippen LogP contribution is -2.33. The van der Waals surface area contributed by atoms with Crippen LogP contribution in [0.25, 0.3) is 11.0 Å². The van der Waals surface area contributed by atoms with Gasteiger partial charge in [-0.3, -0.25) is 4.57 Å². The fourth-order valence-corrected chi connectivity index (χ4v) is 3.43. The smallest absolute Gasteiger partial charge is 0.350 e. The van der Waals surface area contributed by atoms with Gasteiger partial charge in [-0.1, -0.05) is 0 Å².